The highest BCUT2D eigenvalue weighted by Crippen LogP contribution is 2.16. The third-order valence-corrected chi connectivity index (χ3v) is 4.10. The standard InChI is InChI=1S/C17H28N2O/c1-15(20)14-19-11-8-17(9-12-19)13-18-10-7-16-5-3-2-4-6-16/h2-6,15,17-18,20H,7-14H2,1H3. The predicted octanol–water partition coefficient (Wildman–Crippen LogP) is 1.91. The molecule has 1 aliphatic rings. The van der Waals surface area contributed by atoms with Crippen LogP contribution in [0.5, 0.6) is 0 Å². The van der Waals surface area contributed by atoms with Crippen molar-refractivity contribution in [3.05, 3.63) is 35.9 Å². The lowest BCUT2D eigenvalue weighted by molar-refractivity contribution is 0.0999. The first kappa shape index (κ1) is 15.5. The molecule has 0 amide bonds. The molecule has 1 unspecified atom stereocenters. The van der Waals surface area contributed by atoms with E-state index in [0.29, 0.717) is 0 Å². The summed E-state index contributed by atoms with van der Waals surface area (Å²) in [6.07, 6.45) is 3.42. The zero-order valence-corrected chi connectivity index (χ0v) is 12.6. The third-order valence-electron chi connectivity index (χ3n) is 4.10. The molecule has 1 atom stereocenters. The van der Waals surface area contributed by atoms with Crippen molar-refractivity contribution in [1.29, 1.82) is 0 Å². The number of piperidine rings is 1. The number of aliphatic hydroxyl groups is 1. The topological polar surface area (TPSA) is 35.5 Å². The number of nitrogens with one attached hydrogen (secondary N) is 1. The van der Waals surface area contributed by atoms with Crippen LogP contribution in [0.3, 0.4) is 0 Å². The van der Waals surface area contributed by atoms with Gasteiger partial charge in [0.25, 0.3) is 0 Å². The minimum Gasteiger partial charge on any atom is -0.392 e. The third kappa shape index (κ3) is 5.61. The summed E-state index contributed by atoms with van der Waals surface area (Å²) in [7, 11) is 0. The molecule has 0 aromatic heterocycles. The van der Waals surface area contributed by atoms with Crippen LogP contribution in [0, 0.1) is 5.92 Å². The Bertz CT molecular complexity index is 359. The van der Waals surface area contributed by atoms with E-state index in [1.165, 1.54) is 18.4 Å². The molecule has 0 spiro atoms. The van der Waals surface area contributed by atoms with E-state index >= 15 is 0 Å². The maximum absolute atomic E-state index is 9.40. The summed E-state index contributed by atoms with van der Waals surface area (Å²) in [6.45, 7) is 7.17. The molecule has 1 aromatic rings. The van der Waals surface area contributed by atoms with Gasteiger partial charge in [0, 0.05) is 6.54 Å². The Hall–Kier alpha value is -0.900. The lowest BCUT2D eigenvalue weighted by Gasteiger charge is -2.32. The minimum atomic E-state index is -0.199. The largest absolute Gasteiger partial charge is 0.392 e. The molecule has 0 aliphatic carbocycles. The van der Waals surface area contributed by atoms with E-state index in [1.54, 1.807) is 0 Å². The molecule has 0 saturated carbocycles. The van der Waals surface area contributed by atoms with Crippen LogP contribution < -0.4 is 5.32 Å². The number of rotatable bonds is 7. The van der Waals surface area contributed by atoms with E-state index in [-0.39, 0.29) is 6.10 Å². The van der Waals surface area contributed by atoms with Gasteiger partial charge in [-0.15, -0.1) is 0 Å². The summed E-state index contributed by atoms with van der Waals surface area (Å²) >= 11 is 0. The number of hydrogen-bond donors (Lipinski definition) is 2. The molecule has 3 nitrogen and oxygen atoms in total. The number of nitrogens with zero attached hydrogens (tertiary/aromatic N) is 1. The Morgan fingerprint density at radius 1 is 1.25 bits per heavy atom. The Labute approximate surface area is 123 Å². The molecule has 20 heavy (non-hydrogen) atoms. The maximum atomic E-state index is 9.40. The first-order valence-corrected chi connectivity index (χ1v) is 7.89. The molecular weight excluding hydrogens is 248 g/mol. The summed E-state index contributed by atoms with van der Waals surface area (Å²) in [5.74, 6) is 0.802. The van der Waals surface area contributed by atoms with Gasteiger partial charge in [-0.05, 0) is 63.8 Å². The van der Waals surface area contributed by atoms with Crippen LogP contribution in [0.2, 0.25) is 0 Å². The van der Waals surface area contributed by atoms with Crippen molar-refractivity contribution in [2.24, 2.45) is 5.92 Å². The van der Waals surface area contributed by atoms with E-state index < -0.39 is 0 Å². The van der Waals surface area contributed by atoms with Crippen LogP contribution in [-0.2, 0) is 6.42 Å². The van der Waals surface area contributed by atoms with Gasteiger partial charge in [-0.2, -0.15) is 0 Å². The fourth-order valence-electron chi connectivity index (χ4n) is 2.93. The predicted molar refractivity (Wildman–Crippen MR) is 83.9 cm³/mol. The highest BCUT2D eigenvalue weighted by atomic mass is 16.3. The normalized spacial score (nSPS) is 19.1. The smallest absolute Gasteiger partial charge is 0.0639 e. The van der Waals surface area contributed by atoms with Gasteiger partial charge < -0.3 is 15.3 Å². The Balaban J connectivity index is 1.55. The zero-order chi connectivity index (χ0) is 14.2. The minimum absolute atomic E-state index is 0.199. The van der Waals surface area contributed by atoms with Crippen LogP contribution in [0.25, 0.3) is 0 Å². The van der Waals surface area contributed by atoms with E-state index in [2.05, 4.69) is 40.5 Å². The lowest BCUT2D eigenvalue weighted by Crippen LogP contribution is -2.40. The van der Waals surface area contributed by atoms with Crippen LogP contribution in [0.15, 0.2) is 30.3 Å². The molecule has 3 heteroatoms. The number of β-amino-alcohol motifs (C(OH)–C–C–N with tert-alkyl or cyclic N) is 1. The van der Waals surface area contributed by atoms with E-state index in [1.807, 2.05) is 6.92 Å². The van der Waals surface area contributed by atoms with Gasteiger partial charge in [-0.1, -0.05) is 30.3 Å². The molecule has 2 N–H and O–H groups in total. The van der Waals surface area contributed by atoms with Crippen LogP contribution >= 0.6 is 0 Å². The van der Waals surface area contributed by atoms with Gasteiger partial charge in [-0.3, -0.25) is 0 Å². The quantitative estimate of drug-likeness (QED) is 0.747. The van der Waals surface area contributed by atoms with Crippen molar-refractivity contribution in [2.45, 2.75) is 32.3 Å². The molecule has 1 saturated heterocycles. The molecule has 1 heterocycles. The molecule has 112 valence electrons. The van der Waals surface area contributed by atoms with Crippen molar-refractivity contribution in [3.63, 3.8) is 0 Å². The monoisotopic (exact) mass is 276 g/mol. The summed E-state index contributed by atoms with van der Waals surface area (Å²) in [6, 6.07) is 10.7. The summed E-state index contributed by atoms with van der Waals surface area (Å²) in [5, 5.41) is 13.0. The van der Waals surface area contributed by atoms with Crippen LogP contribution in [0.1, 0.15) is 25.3 Å². The van der Waals surface area contributed by atoms with Gasteiger partial charge in [0.2, 0.25) is 0 Å². The second-order valence-corrected chi connectivity index (χ2v) is 6.03. The highest BCUT2D eigenvalue weighted by Gasteiger charge is 2.19. The molecule has 1 aliphatic heterocycles. The van der Waals surface area contributed by atoms with Gasteiger partial charge in [0.15, 0.2) is 0 Å². The summed E-state index contributed by atoms with van der Waals surface area (Å²) < 4.78 is 0. The maximum Gasteiger partial charge on any atom is 0.0639 e. The fourth-order valence-corrected chi connectivity index (χ4v) is 2.93. The second kappa shape index (κ2) is 8.40. The average molecular weight is 276 g/mol. The van der Waals surface area contributed by atoms with Gasteiger partial charge in [-0.25, -0.2) is 0 Å². The molecule has 2 rings (SSSR count). The molecular formula is C17H28N2O. The Morgan fingerprint density at radius 2 is 1.95 bits per heavy atom. The number of aliphatic hydroxyl groups excluding tert-OH is 1. The SMILES string of the molecule is CC(O)CN1CCC(CNCCc2ccccc2)CC1. The molecule has 1 fully saturated rings. The van der Waals surface area contributed by atoms with Crippen molar-refractivity contribution in [1.82, 2.24) is 10.2 Å². The Kier molecular flexibility index (Phi) is 6.51. The van der Waals surface area contributed by atoms with Crippen molar-refractivity contribution in [3.8, 4) is 0 Å². The van der Waals surface area contributed by atoms with Crippen molar-refractivity contribution < 1.29 is 5.11 Å². The second-order valence-electron chi connectivity index (χ2n) is 6.03. The molecule has 1 aromatic carbocycles. The lowest BCUT2D eigenvalue weighted by atomic mass is 9.96. The summed E-state index contributed by atoms with van der Waals surface area (Å²) in [5.41, 5.74) is 1.41. The zero-order valence-electron chi connectivity index (χ0n) is 12.6. The van der Waals surface area contributed by atoms with E-state index in [9.17, 15) is 5.11 Å². The van der Waals surface area contributed by atoms with Gasteiger partial charge in [0.05, 0.1) is 6.10 Å². The van der Waals surface area contributed by atoms with E-state index in [0.717, 1.165) is 45.1 Å². The van der Waals surface area contributed by atoms with Crippen LogP contribution in [-0.4, -0.2) is 48.8 Å². The highest BCUT2D eigenvalue weighted by molar-refractivity contribution is 5.14. The first-order valence-electron chi connectivity index (χ1n) is 7.89. The van der Waals surface area contributed by atoms with Gasteiger partial charge >= 0.3 is 0 Å². The molecule has 0 bridgehead atoms. The fraction of sp³-hybridized carbons (Fsp3) is 0.647. The van der Waals surface area contributed by atoms with E-state index in [4.69, 9.17) is 0 Å². The van der Waals surface area contributed by atoms with Crippen molar-refractivity contribution in [2.75, 3.05) is 32.7 Å². The van der Waals surface area contributed by atoms with Gasteiger partial charge in [0.1, 0.15) is 0 Å². The number of likely N-dealkylation sites (tertiary alicyclic amines) is 1. The number of hydrogen-bond acceptors (Lipinski definition) is 3. The molecule has 0 radical (unpaired) electrons. The van der Waals surface area contributed by atoms with Crippen molar-refractivity contribution >= 4 is 0 Å². The van der Waals surface area contributed by atoms with Crippen LogP contribution in [0.4, 0.5) is 0 Å². The average Bonchev–Trinajstić information content (AvgIpc) is 2.46. The Morgan fingerprint density at radius 3 is 2.60 bits per heavy atom. The number of benzene rings is 1. The first-order chi connectivity index (χ1) is 9.74. The summed E-state index contributed by atoms with van der Waals surface area (Å²) in [4.78, 5) is 2.38.